The number of nitrogens with zero attached hydrogens (tertiary/aromatic N) is 1. The monoisotopic (exact) mass is 228 g/mol. The SMILES string of the molecule is CCC(COC)NCC1CCN(CC)CC1. The molecule has 0 amide bonds. The molecule has 0 bridgehead atoms. The number of likely N-dealkylation sites (tertiary alicyclic amines) is 1. The van der Waals surface area contributed by atoms with Crippen molar-refractivity contribution in [2.75, 3.05) is 39.9 Å². The van der Waals surface area contributed by atoms with Gasteiger partial charge in [0.15, 0.2) is 0 Å². The molecule has 1 N–H and O–H groups in total. The van der Waals surface area contributed by atoms with Crippen molar-refractivity contribution < 1.29 is 4.74 Å². The number of ether oxygens (including phenoxy) is 1. The van der Waals surface area contributed by atoms with E-state index in [2.05, 4.69) is 24.1 Å². The molecule has 1 fully saturated rings. The minimum absolute atomic E-state index is 0.536. The quantitative estimate of drug-likeness (QED) is 0.718. The van der Waals surface area contributed by atoms with Crippen LogP contribution in [-0.4, -0.2) is 50.8 Å². The molecule has 1 unspecified atom stereocenters. The van der Waals surface area contributed by atoms with Gasteiger partial charge in [0.2, 0.25) is 0 Å². The molecule has 0 aromatic rings. The largest absolute Gasteiger partial charge is 0.383 e. The van der Waals surface area contributed by atoms with Crippen LogP contribution in [0.15, 0.2) is 0 Å². The fourth-order valence-electron chi connectivity index (χ4n) is 2.36. The molecule has 0 aliphatic carbocycles. The van der Waals surface area contributed by atoms with Crippen LogP contribution in [0.2, 0.25) is 0 Å². The van der Waals surface area contributed by atoms with Crippen molar-refractivity contribution in [1.82, 2.24) is 10.2 Å². The first kappa shape index (κ1) is 13.9. The van der Waals surface area contributed by atoms with Gasteiger partial charge in [-0.05, 0) is 51.4 Å². The van der Waals surface area contributed by atoms with E-state index in [4.69, 9.17) is 4.74 Å². The van der Waals surface area contributed by atoms with Crippen LogP contribution < -0.4 is 5.32 Å². The summed E-state index contributed by atoms with van der Waals surface area (Å²) < 4.78 is 5.20. The summed E-state index contributed by atoms with van der Waals surface area (Å²) in [5.74, 6) is 0.869. The van der Waals surface area contributed by atoms with Crippen molar-refractivity contribution in [1.29, 1.82) is 0 Å². The first-order valence-corrected chi connectivity index (χ1v) is 6.74. The zero-order chi connectivity index (χ0) is 11.8. The van der Waals surface area contributed by atoms with E-state index >= 15 is 0 Å². The van der Waals surface area contributed by atoms with E-state index in [0.29, 0.717) is 6.04 Å². The lowest BCUT2D eigenvalue weighted by Crippen LogP contribution is -2.41. The summed E-state index contributed by atoms with van der Waals surface area (Å²) in [4.78, 5) is 2.54. The molecule has 1 aliphatic rings. The van der Waals surface area contributed by atoms with Gasteiger partial charge in [0.1, 0.15) is 0 Å². The molecule has 96 valence electrons. The molecular weight excluding hydrogens is 200 g/mol. The average molecular weight is 228 g/mol. The van der Waals surface area contributed by atoms with Gasteiger partial charge in [0.25, 0.3) is 0 Å². The molecule has 0 saturated carbocycles. The van der Waals surface area contributed by atoms with Gasteiger partial charge in [0, 0.05) is 13.2 Å². The molecule has 0 spiro atoms. The van der Waals surface area contributed by atoms with Crippen LogP contribution in [0.1, 0.15) is 33.1 Å². The molecule has 1 heterocycles. The van der Waals surface area contributed by atoms with Crippen molar-refractivity contribution in [3.8, 4) is 0 Å². The summed E-state index contributed by atoms with van der Waals surface area (Å²) in [7, 11) is 1.78. The molecule has 3 heteroatoms. The van der Waals surface area contributed by atoms with Crippen LogP contribution in [-0.2, 0) is 4.74 Å². The number of methoxy groups -OCH3 is 1. The van der Waals surface area contributed by atoms with E-state index in [-0.39, 0.29) is 0 Å². The van der Waals surface area contributed by atoms with Gasteiger partial charge in [-0.3, -0.25) is 0 Å². The van der Waals surface area contributed by atoms with Crippen LogP contribution in [0.3, 0.4) is 0 Å². The molecule has 1 rings (SSSR count). The summed E-state index contributed by atoms with van der Waals surface area (Å²) in [6.45, 7) is 10.2. The third-order valence-electron chi connectivity index (χ3n) is 3.71. The van der Waals surface area contributed by atoms with Crippen LogP contribution in [0.4, 0.5) is 0 Å². The summed E-state index contributed by atoms with van der Waals surface area (Å²) in [5.41, 5.74) is 0. The van der Waals surface area contributed by atoms with E-state index in [1.807, 2.05) is 0 Å². The van der Waals surface area contributed by atoms with Crippen molar-refractivity contribution in [2.45, 2.75) is 39.2 Å². The number of hydrogen-bond acceptors (Lipinski definition) is 3. The Morgan fingerprint density at radius 1 is 1.31 bits per heavy atom. The van der Waals surface area contributed by atoms with Crippen molar-refractivity contribution >= 4 is 0 Å². The zero-order valence-electron chi connectivity index (χ0n) is 11.2. The summed E-state index contributed by atoms with van der Waals surface area (Å²) in [5, 5.41) is 3.63. The van der Waals surface area contributed by atoms with Crippen molar-refractivity contribution in [2.24, 2.45) is 5.92 Å². The van der Waals surface area contributed by atoms with Gasteiger partial charge >= 0.3 is 0 Å². The van der Waals surface area contributed by atoms with Crippen molar-refractivity contribution in [3.63, 3.8) is 0 Å². The molecule has 0 aromatic carbocycles. The van der Waals surface area contributed by atoms with E-state index in [0.717, 1.165) is 18.9 Å². The maximum Gasteiger partial charge on any atom is 0.0615 e. The number of piperidine rings is 1. The molecule has 1 aliphatic heterocycles. The second kappa shape index (κ2) is 8.04. The number of nitrogens with one attached hydrogen (secondary N) is 1. The first-order valence-electron chi connectivity index (χ1n) is 6.74. The highest BCUT2D eigenvalue weighted by atomic mass is 16.5. The Morgan fingerprint density at radius 2 is 2.00 bits per heavy atom. The summed E-state index contributed by atoms with van der Waals surface area (Å²) in [6.07, 6.45) is 3.86. The highest BCUT2D eigenvalue weighted by Gasteiger charge is 2.18. The average Bonchev–Trinajstić information content (AvgIpc) is 2.35. The smallest absolute Gasteiger partial charge is 0.0615 e. The number of hydrogen-bond donors (Lipinski definition) is 1. The Morgan fingerprint density at radius 3 is 2.50 bits per heavy atom. The highest BCUT2D eigenvalue weighted by molar-refractivity contribution is 4.75. The van der Waals surface area contributed by atoms with Crippen LogP contribution >= 0.6 is 0 Å². The van der Waals surface area contributed by atoms with Gasteiger partial charge in [-0.1, -0.05) is 13.8 Å². The van der Waals surface area contributed by atoms with E-state index in [1.165, 1.54) is 39.0 Å². The van der Waals surface area contributed by atoms with E-state index in [9.17, 15) is 0 Å². The second-order valence-corrected chi connectivity index (χ2v) is 4.85. The lowest BCUT2D eigenvalue weighted by Gasteiger charge is -2.32. The van der Waals surface area contributed by atoms with Gasteiger partial charge < -0.3 is 15.0 Å². The summed E-state index contributed by atoms with van der Waals surface area (Å²) in [6, 6.07) is 0.536. The van der Waals surface area contributed by atoms with Crippen molar-refractivity contribution in [3.05, 3.63) is 0 Å². The van der Waals surface area contributed by atoms with E-state index < -0.39 is 0 Å². The normalized spacial score (nSPS) is 21.2. The highest BCUT2D eigenvalue weighted by Crippen LogP contribution is 2.16. The van der Waals surface area contributed by atoms with Crippen LogP contribution in [0.25, 0.3) is 0 Å². The Labute approximate surface area is 101 Å². The molecule has 3 nitrogen and oxygen atoms in total. The van der Waals surface area contributed by atoms with Gasteiger partial charge in [0.05, 0.1) is 6.61 Å². The standard InChI is InChI=1S/C13H28N2O/c1-4-13(11-16-3)14-10-12-6-8-15(5-2)9-7-12/h12-14H,4-11H2,1-3H3. The lowest BCUT2D eigenvalue weighted by atomic mass is 9.96. The molecular formula is C13H28N2O. The van der Waals surface area contributed by atoms with Crippen LogP contribution in [0.5, 0.6) is 0 Å². The maximum absolute atomic E-state index is 5.20. The Hall–Kier alpha value is -0.120. The third-order valence-corrected chi connectivity index (χ3v) is 3.71. The van der Waals surface area contributed by atoms with Gasteiger partial charge in [-0.2, -0.15) is 0 Å². The minimum atomic E-state index is 0.536. The predicted octanol–water partition coefficient (Wildman–Crippen LogP) is 1.73. The first-order chi connectivity index (χ1) is 7.80. The van der Waals surface area contributed by atoms with Crippen LogP contribution in [0, 0.1) is 5.92 Å². The Balaban J connectivity index is 2.13. The minimum Gasteiger partial charge on any atom is -0.383 e. The number of rotatable bonds is 7. The predicted molar refractivity (Wildman–Crippen MR) is 68.8 cm³/mol. The fourth-order valence-corrected chi connectivity index (χ4v) is 2.36. The topological polar surface area (TPSA) is 24.5 Å². The maximum atomic E-state index is 5.20. The van der Waals surface area contributed by atoms with Gasteiger partial charge in [-0.15, -0.1) is 0 Å². The lowest BCUT2D eigenvalue weighted by molar-refractivity contribution is 0.151. The third kappa shape index (κ3) is 4.81. The molecule has 16 heavy (non-hydrogen) atoms. The molecule has 0 radical (unpaired) electrons. The Kier molecular flexibility index (Phi) is 7.01. The molecule has 1 atom stereocenters. The molecule has 0 aromatic heterocycles. The zero-order valence-corrected chi connectivity index (χ0v) is 11.2. The second-order valence-electron chi connectivity index (χ2n) is 4.85. The summed E-state index contributed by atoms with van der Waals surface area (Å²) >= 11 is 0. The van der Waals surface area contributed by atoms with E-state index in [1.54, 1.807) is 7.11 Å². The molecule has 1 saturated heterocycles. The fraction of sp³-hybridized carbons (Fsp3) is 1.00. The van der Waals surface area contributed by atoms with Gasteiger partial charge in [-0.25, -0.2) is 0 Å². The Bertz CT molecular complexity index is 167.